The number of rotatable bonds is 5. The van der Waals surface area contributed by atoms with Crippen molar-refractivity contribution in [3.63, 3.8) is 0 Å². The van der Waals surface area contributed by atoms with E-state index in [9.17, 15) is 0 Å². The fourth-order valence-corrected chi connectivity index (χ4v) is 3.67. The van der Waals surface area contributed by atoms with Gasteiger partial charge in [-0.2, -0.15) is 0 Å². The van der Waals surface area contributed by atoms with E-state index in [1.807, 2.05) is 0 Å². The molecule has 100 valence electrons. The quantitative estimate of drug-likeness (QED) is 0.768. The lowest BCUT2D eigenvalue weighted by Gasteiger charge is -2.38. The average molecular weight is 240 g/mol. The van der Waals surface area contributed by atoms with E-state index in [-0.39, 0.29) is 0 Å². The van der Waals surface area contributed by atoms with Gasteiger partial charge in [0, 0.05) is 24.7 Å². The van der Waals surface area contributed by atoms with E-state index in [4.69, 9.17) is 5.11 Å². The van der Waals surface area contributed by atoms with Crippen LogP contribution >= 0.6 is 0 Å². The first-order valence-corrected chi connectivity index (χ1v) is 7.39. The predicted octanol–water partition coefficient (Wildman–Crippen LogP) is 1.75. The van der Waals surface area contributed by atoms with Crippen LogP contribution in [0.4, 0.5) is 0 Å². The van der Waals surface area contributed by atoms with Crippen LogP contribution in [0, 0.1) is 0 Å². The van der Waals surface area contributed by atoms with Gasteiger partial charge < -0.3 is 10.4 Å². The molecule has 3 nitrogen and oxygen atoms in total. The van der Waals surface area contributed by atoms with E-state index in [0.29, 0.717) is 6.61 Å². The van der Waals surface area contributed by atoms with Crippen molar-refractivity contribution in [2.45, 2.75) is 69.5 Å². The van der Waals surface area contributed by atoms with Crippen LogP contribution in [-0.4, -0.2) is 48.3 Å². The first kappa shape index (κ1) is 13.3. The number of hydrogen-bond donors (Lipinski definition) is 2. The Hall–Kier alpha value is -0.120. The van der Waals surface area contributed by atoms with Crippen molar-refractivity contribution < 1.29 is 5.11 Å². The SMILES string of the molecule is CNC1CCC(N2CCCC2CCCO)CC1. The molecule has 1 aliphatic carbocycles. The lowest BCUT2D eigenvalue weighted by molar-refractivity contribution is 0.122. The van der Waals surface area contributed by atoms with Gasteiger partial charge in [-0.3, -0.25) is 4.90 Å². The number of hydrogen-bond acceptors (Lipinski definition) is 3. The van der Waals surface area contributed by atoms with Crippen LogP contribution in [0.25, 0.3) is 0 Å². The van der Waals surface area contributed by atoms with Gasteiger partial charge in [0.2, 0.25) is 0 Å². The standard InChI is InChI=1S/C14H28N2O/c1-15-12-6-8-14(9-7-12)16-10-2-4-13(16)5-3-11-17/h12-15,17H,2-11H2,1H3. The zero-order valence-corrected chi connectivity index (χ0v) is 11.2. The largest absolute Gasteiger partial charge is 0.396 e. The molecule has 1 heterocycles. The Labute approximate surface area is 106 Å². The minimum atomic E-state index is 0.358. The maximum absolute atomic E-state index is 8.96. The monoisotopic (exact) mass is 240 g/mol. The Morgan fingerprint density at radius 3 is 2.59 bits per heavy atom. The van der Waals surface area contributed by atoms with Gasteiger partial charge in [0.15, 0.2) is 0 Å². The molecular weight excluding hydrogens is 212 g/mol. The maximum atomic E-state index is 8.96. The number of aliphatic hydroxyl groups is 1. The highest BCUT2D eigenvalue weighted by Gasteiger charge is 2.32. The van der Waals surface area contributed by atoms with E-state index in [2.05, 4.69) is 17.3 Å². The smallest absolute Gasteiger partial charge is 0.0431 e. The molecule has 1 saturated heterocycles. The molecule has 2 rings (SSSR count). The molecular formula is C14H28N2O. The molecule has 0 aromatic carbocycles. The Bertz CT molecular complexity index is 214. The molecule has 17 heavy (non-hydrogen) atoms. The zero-order valence-electron chi connectivity index (χ0n) is 11.2. The van der Waals surface area contributed by atoms with E-state index in [1.54, 1.807) is 0 Å². The van der Waals surface area contributed by atoms with Crippen molar-refractivity contribution in [3.05, 3.63) is 0 Å². The van der Waals surface area contributed by atoms with Crippen LogP contribution in [0.15, 0.2) is 0 Å². The van der Waals surface area contributed by atoms with Crippen LogP contribution in [0.3, 0.4) is 0 Å². The third-order valence-electron chi connectivity index (χ3n) is 4.69. The van der Waals surface area contributed by atoms with Gasteiger partial charge >= 0.3 is 0 Å². The van der Waals surface area contributed by atoms with Crippen LogP contribution in [0.5, 0.6) is 0 Å². The van der Waals surface area contributed by atoms with Crippen molar-refractivity contribution in [1.29, 1.82) is 0 Å². The highest BCUT2D eigenvalue weighted by atomic mass is 16.2. The lowest BCUT2D eigenvalue weighted by atomic mass is 9.89. The number of nitrogens with zero attached hydrogens (tertiary/aromatic N) is 1. The van der Waals surface area contributed by atoms with E-state index < -0.39 is 0 Å². The second-order valence-corrected chi connectivity index (χ2v) is 5.69. The second-order valence-electron chi connectivity index (χ2n) is 5.69. The molecule has 1 saturated carbocycles. The highest BCUT2D eigenvalue weighted by Crippen LogP contribution is 2.30. The molecule has 1 aliphatic heterocycles. The number of nitrogens with one attached hydrogen (secondary N) is 1. The molecule has 0 bridgehead atoms. The van der Waals surface area contributed by atoms with Crippen molar-refractivity contribution in [2.24, 2.45) is 0 Å². The highest BCUT2D eigenvalue weighted by molar-refractivity contribution is 4.88. The number of aliphatic hydroxyl groups excluding tert-OH is 1. The molecule has 1 atom stereocenters. The lowest BCUT2D eigenvalue weighted by Crippen LogP contribution is -2.44. The zero-order chi connectivity index (χ0) is 12.1. The summed E-state index contributed by atoms with van der Waals surface area (Å²) < 4.78 is 0. The molecule has 0 aromatic rings. The minimum absolute atomic E-state index is 0.358. The van der Waals surface area contributed by atoms with Crippen molar-refractivity contribution >= 4 is 0 Å². The molecule has 0 spiro atoms. The fourth-order valence-electron chi connectivity index (χ4n) is 3.67. The number of likely N-dealkylation sites (tertiary alicyclic amines) is 1. The summed E-state index contributed by atoms with van der Waals surface area (Å²) in [5.41, 5.74) is 0. The molecule has 0 amide bonds. The van der Waals surface area contributed by atoms with Gasteiger partial charge in [-0.1, -0.05) is 0 Å². The van der Waals surface area contributed by atoms with E-state index in [0.717, 1.165) is 24.5 Å². The molecule has 3 heteroatoms. The molecule has 2 fully saturated rings. The first-order chi connectivity index (χ1) is 8.35. The third kappa shape index (κ3) is 3.43. The van der Waals surface area contributed by atoms with Gasteiger partial charge in [0.1, 0.15) is 0 Å². The first-order valence-electron chi connectivity index (χ1n) is 7.39. The van der Waals surface area contributed by atoms with Gasteiger partial charge in [-0.15, -0.1) is 0 Å². The molecule has 0 aromatic heterocycles. The van der Waals surface area contributed by atoms with Gasteiger partial charge in [0.05, 0.1) is 0 Å². The van der Waals surface area contributed by atoms with Crippen LogP contribution < -0.4 is 5.32 Å². The minimum Gasteiger partial charge on any atom is -0.396 e. The summed E-state index contributed by atoms with van der Waals surface area (Å²) >= 11 is 0. The van der Waals surface area contributed by atoms with Gasteiger partial charge in [0.25, 0.3) is 0 Å². The predicted molar refractivity (Wildman–Crippen MR) is 71.2 cm³/mol. The maximum Gasteiger partial charge on any atom is 0.0431 e. The summed E-state index contributed by atoms with van der Waals surface area (Å²) in [5, 5.41) is 12.4. The van der Waals surface area contributed by atoms with E-state index >= 15 is 0 Å². The Morgan fingerprint density at radius 1 is 1.18 bits per heavy atom. The Kier molecular flexibility index (Phi) is 5.26. The van der Waals surface area contributed by atoms with Crippen molar-refractivity contribution in [3.8, 4) is 0 Å². The normalized spacial score (nSPS) is 35.3. The second kappa shape index (κ2) is 6.72. The summed E-state index contributed by atoms with van der Waals surface area (Å²) in [6.45, 7) is 1.65. The molecule has 0 radical (unpaired) electrons. The average Bonchev–Trinajstić information content (AvgIpc) is 2.84. The van der Waals surface area contributed by atoms with Gasteiger partial charge in [-0.25, -0.2) is 0 Å². The van der Waals surface area contributed by atoms with Gasteiger partial charge in [-0.05, 0) is 65.0 Å². The topological polar surface area (TPSA) is 35.5 Å². The summed E-state index contributed by atoms with van der Waals surface area (Å²) in [6, 6.07) is 2.34. The third-order valence-corrected chi connectivity index (χ3v) is 4.69. The molecule has 2 aliphatic rings. The summed E-state index contributed by atoms with van der Waals surface area (Å²) in [5.74, 6) is 0. The summed E-state index contributed by atoms with van der Waals surface area (Å²) in [7, 11) is 2.09. The van der Waals surface area contributed by atoms with E-state index in [1.165, 1.54) is 51.5 Å². The van der Waals surface area contributed by atoms with Crippen LogP contribution in [0.2, 0.25) is 0 Å². The summed E-state index contributed by atoms with van der Waals surface area (Å²) in [6.07, 6.45) is 10.3. The molecule has 1 unspecified atom stereocenters. The van der Waals surface area contributed by atoms with Crippen LogP contribution in [0.1, 0.15) is 51.4 Å². The summed E-state index contributed by atoms with van der Waals surface area (Å²) in [4.78, 5) is 2.75. The van der Waals surface area contributed by atoms with Crippen LogP contribution in [-0.2, 0) is 0 Å². The Morgan fingerprint density at radius 2 is 1.94 bits per heavy atom. The van der Waals surface area contributed by atoms with Crippen molar-refractivity contribution in [1.82, 2.24) is 10.2 Å². The molecule has 2 N–H and O–H groups in total. The Balaban J connectivity index is 1.80. The van der Waals surface area contributed by atoms with Crippen molar-refractivity contribution in [2.75, 3.05) is 20.2 Å². The fraction of sp³-hybridized carbons (Fsp3) is 1.00.